The number of nitrogens with zero attached hydrogens (tertiary/aromatic N) is 6. The summed E-state index contributed by atoms with van der Waals surface area (Å²) in [5.74, 6) is 0.212. The highest BCUT2D eigenvalue weighted by molar-refractivity contribution is 5.52. The Labute approximate surface area is 114 Å². The summed E-state index contributed by atoms with van der Waals surface area (Å²) in [6.07, 6.45) is 0. The van der Waals surface area contributed by atoms with Crippen molar-refractivity contribution >= 4 is 5.69 Å². The molecule has 2 aromatic rings. The highest BCUT2D eigenvalue weighted by Gasteiger charge is 2.25. The number of aryl methyl sites for hydroxylation is 2. The first-order valence-electron chi connectivity index (χ1n) is 5.83. The first kappa shape index (κ1) is 13.6. The summed E-state index contributed by atoms with van der Waals surface area (Å²) < 4.78 is 1.30. The van der Waals surface area contributed by atoms with Crippen LogP contribution < -0.4 is 0 Å². The van der Waals surface area contributed by atoms with Crippen molar-refractivity contribution in [2.24, 2.45) is 0 Å². The molecule has 0 atom stereocenters. The summed E-state index contributed by atoms with van der Waals surface area (Å²) in [7, 11) is 0. The highest BCUT2D eigenvalue weighted by atomic mass is 16.6. The lowest BCUT2D eigenvalue weighted by atomic mass is 10.1. The topological polar surface area (TPSA) is 111 Å². The Morgan fingerprint density at radius 3 is 2.35 bits per heavy atom. The van der Waals surface area contributed by atoms with Crippen molar-refractivity contribution in [3.63, 3.8) is 0 Å². The second kappa shape index (κ2) is 4.70. The third kappa shape index (κ3) is 1.89. The molecule has 0 spiro atoms. The van der Waals surface area contributed by atoms with Crippen LogP contribution in [0.3, 0.4) is 0 Å². The van der Waals surface area contributed by atoms with E-state index in [9.17, 15) is 15.4 Å². The quantitative estimate of drug-likeness (QED) is 0.607. The molecule has 0 radical (unpaired) electrons. The molecule has 0 fully saturated rings. The van der Waals surface area contributed by atoms with Gasteiger partial charge >= 0.3 is 5.69 Å². The predicted octanol–water partition coefficient (Wildman–Crippen LogP) is 1.68. The maximum Gasteiger partial charge on any atom is 0.313 e. The molecule has 0 amide bonds. The van der Waals surface area contributed by atoms with E-state index in [1.165, 1.54) is 4.68 Å². The number of rotatable bonds is 2. The fourth-order valence-corrected chi connectivity index (χ4v) is 1.98. The lowest BCUT2D eigenvalue weighted by Gasteiger charge is -2.07. The SMILES string of the molecule is Cc1nnc(-n2nc(C)c([N+](=O)[O-])c2C)c(C#N)c1C. The van der Waals surface area contributed by atoms with Gasteiger partial charge in [-0.15, -0.1) is 5.10 Å². The normalized spacial score (nSPS) is 10.3. The lowest BCUT2D eigenvalue weighted by molar-refractivity contribution is -0.386. The molecule has 0 saturated heterocycles. The standard InChI is InChI=1S/C12H12N6O2/c1-6-7(2)14-15-12(10(6)5-13)17-9(4)11(18(19)20)8(3)16-17/h1-4H3. The van der Waals surface area contributed by atoms with Crippen LogP contribution in [-0.4, -0.2) is 24.9 Å². The van der Waals surface area contributed by atoms with Gasteiger partial charge in [0.15, 0.2) is 5.82 Å². The summed E-state index contributed by atoms with van der Waals surface area (Å²) in [6.45, 7) is 6.61. The Balaban J connectivity index is 2.77. The Kier molecular flexibility index (Phi) is 3.19. The van der Waals surface area contributed by atoms with E-state index in [4.69, 9.17) is 0 Å². The summed E-state index contributed by atoms with van der Waals surface area (Å²) in [4.78, 5) is 10.5. The first-order chi connectivity index (χ1) is 9.38. The van der Waals surface area contributed by atoms with Gasteiger partial charge in [-0.2, -0.15) is 15.5 Å². The van der Waals surface area contributed by atoms with Crippen LogP contribution in [-0.2, 0) is 0 Å². The fourth-order valence-electron chi connectivity index (χ4n) is 1.98. The van der Waals surface area contributed by atoms with Crippen molar-refractivity contribution in [3.05, 3.63) is 38.3 Å². The van der Waals surface area contributed by atoms with Crippen LogP contribution in [0.15, 0.2) is 0 Å². The Bertz CT molecular complexity index is 756. The van der Waals surface area contributed by atoms with Gasteiger partial charge in [0.1, 0.15) is 23.0 Å². The van der Waals surface area contributed by atoms with Gasteiger partial charge in [-0.1, -0.05) is 0 Å². The van der Waals surface area contributed by atoms with Crippen molar-refractivity contribution in [2.75, 3.05) is 0 Å². The molecule has 0 aromatic carbocycles. The number of hydrogen-bond acceptors (Lipinski definition) is 6. The second-order valence-electron chi connectivity index (χ2n) is 4.41. The second-order valence-corrected chi connectivity index (χ2v) is 4.41. The molecule has 0 aliphatic heterocycles. The molecule has 8 heteroatoms. The molecule has 2 aromatic heterocycles. The zero-order valence-electron chi connectivity index (χ0n) is 11.5. The molecule has 8 nitrogen and oxygen atoms in total. The van der Waals surface area contributed by atoms with E-state index in [2.05, 4.69) is 21.4 Å². The molecule has 0 unspecified atom stereocenters. The van der Waals surface area contributed by atoms with Gasteiger partial charge in [0, 0.05) is 0 Å². The van der Waals surface area contributed by atoms with E-state index in [-0.39, 0.29) is 17.2 Å². The van der Waals surface area contributed by atoms with Crippen LogP contribution >= 0.6 is 0 Å². The van der Waals surface area contributed by atoms with Gasteiger partial charge in [0.25, 0.3) is 0 Å². The average Bonchev–Trinajstić information content (AvgIpc) is 2.67. The van der Waals surface area contributed by atoms with Crippen LogP contribution in [0.1, 0.15) is 28.2 Å². The smallest absolute Gasteiger partial charge is 0.258 e. The summed E-state index contributed by atoms with van der Waals surface area (Å²) >= 11 is 0. The molecular formula is C12H12N6O2. The predicted molar refractivity (Wildman–Crippen MR) is 69.5 cm³/mol. The molecule has 0 N–H and O–H groups in total. The number of hydrogen-bond donors (Lipinski definition) is 0. The molecule has 2 rings (SSSR count). The summed E-state index contributed by atoms with van der Waals surface area (Å²) in [5.41, 5.74) is 2.17. The van der Waals surface area contributed by atoms with Crippen LogP contribution in [0.4, 0.5) is 5.69 Å². The molecule has 0 bridgehead atoms. The minimum Gasteiger partial charge on any atom is -0.258 e. The Morgan fingerprint density at radius 2 is 1.85 bits per heavy atom. The fraction of sp³-hybridized carbons (Fsp3) is 0.333. The minimum atomic E-state index is -0.491. The maximum atomic E-state index is 11.0. The zero-order valence-corrected chi connectivity index (χ0v) is 11.5. The largest absolute Gasteiger partial charge is 0.313 e. The van der Waals surface area contributed by atoms with Gasteiger partial charge in [-0.05, 0) is 33.3 Å². The van der Waals surface area contributed by atoms with E-state index in [0.717, 1.165) is 0 Å². The van der Waals surface area contributed by atoms with Gasteiger partial charge in [0.05, 0.1) is 10.6 Å². The van der Waals surface area contributed by atoms with Crippen LogP contribution in [0, 0.1) is 49.1 Å². The van der Waals surface area contributed by atoms with E-state index < -0.39 is 4.92 Å². The summed E-state index contributed by atoms with van der Waals surface area (Å²) in [6, 6.07) is 2.06. The van der Waals surface area contributed by atoms with Gasteiger partial charge in [-0.25, -0.2) is 4.68 Å². The molecule has 0 aliphatic rings. The number of aromatic nitrogens is 4. The van der Waals surface area contributed by atoms with Crippen molar-refractivity contribution in [2.45, 2.75) is 27.7 Å². The molecule has 2 heterocycles. The van der Waals surface area contributed by atoms with E-state index >= 15 is 0 Å². The van der Waals surface area contributed by atoms with E-state index in [1.807, 2.05) is 0 Å². The summed E-state index contributed by atoms with van der Waals surface area (Å²) in [5, 5.41) is 32.3. The molecule has 102 valence electrons. The van der Waals surface area contributed by atoms with Crippen molar-refractivity contribution in [1.82, 2.24) is 20.0 Å². The average molecular weight is 272 g/mol. The van der Waals surface area contributed by atoms with Crippen LogP contribution in [0.2, 0.25) is 0 Å². The highest BCUT2D eigenvalue weighted by Crippen LogP contribution is 2.26. The Morgan fingerprint density at radius 1 is 1.20 bits per heavy atom. The third-order valence-corrected chi connectivity index (χ3v) is 3.18. The maximum absolute atomic E-state index is 11.0. The molecule has 0 aliphatic carbocycles. The van der Waals surface area contributed by atoms with Crippen molar-refractivity contribution in [1.29, 1.82) is 5.26 Å². The van der Waals surface area contributed by atoms with E-state index in [0.29, 0.717) is 22.5 Å². The monoisotopic (exact) mass is 272 g/mol. The van der Waals surface area contributed by atoms with Gasteiger partial charge < -0.3 is 0 Å². The van der Waals surface area contributed by atoms with Gasteiger partial charge in [0.2, 0.25) is 0 Å². The zero-order chi connectivity index (χ0) is 15.0. The van der Waals surface area contributed by atoms with Crippen molar-refractivity contribution in [3.8, 4) is 11.9 Å². The van der Waals surface area contributed by atoms with Crippen LogP contribution in [0.5, 0.6) is 0 Å². The van der Waals surface area contributed by atoms with Gasteiger partial charge in [-0.3, -0.25) is 10.1 Å². The first-order valence-corrected chi connectivity index (χ1v) is 5.83. The minimum absolute atomic E-state index is 0.0751. The molecule has 20 heavy (non-hydrogen) atoms. The van der Waals surface area contributed by atoms with Crippen LogP contribution in [0.25, 0.3) is 5.82 Å². The number of nitriles is 1. The Hall–Kier alpha value is -2.82. The molecular weight excluding hydrogens is 260 g/mol. The third-order valence-electron chi connectivity index (χ3n) is 3.18. The molecule has 0 saturated carbocycles. The van der Waals surface area contributed by atoms with Crippen molar-refractivity contribution < 1.29 is 4.92 Å². The lowest BCUT2D eigenvalue weighted by Crippen LogP contribution is -2.09. The number of nitro groups is 1. The van der Waals surface area contributed by atoms with E-state index in [1.54, 1.807) is 27.7 Å².